The van der Waals surface area contributed by atoms with Gasteiger partial charge in [0.05, 0.1) is 12.8 Å². The van der Waals surface area contributed by atoms with Gasteiger partial charge in [-0.3, -0.25) is 14.9 Å². The molecule has 0 radical (unpaired) electrons. The average Bonchev–Trinajstić information content (AvgIpc) is 3.34. The van der Waals surface area contributed by atoms with Crippen molar-refractivity contribution in [3.63, 3.8) is 0 Å². The second-order valence-corrected chi connectivity index (χ2v) is 7.87. The highest BCUT2D eigenvalue weighted by Crippen LogP contribution is 2.30. The fourth-order valence-corrected chi connectivity index (χ4v) is 4.21. The smallest absolute Gasteiger partial charge is 0.262 e. The van der Waals surface area contributed by atoms with Crippen LogP contribution in [0.1, 0.15) is 27.3 Å². The van der Waals surface area contributed by atoms with Crippen LogP contribution in [0.2, 0.25) is 0 Å². The number of aromatic nitrogens is 1. The first-order valence-corrected chi connectivity index (χ1v) is 10.4. The van der Waals surface area contributed by atoms with Gasteiger partial charge in [-0.1, -0.05) is 6.07 Å². The summed E-state index contributed by atoms with van der Waals surface area (Å²) in [5.41, 5.74) is 2.23. The number of hydrogen-bond acceptors (Lipinski definition) is 6. The van der Waals surface area contributed by atoms with E-state index in [9.17, 15) is 9.59 Å². The minimum atomic E-state index is -0.290. The van der Waals surface area contributed by atoms with Crippen LogP contribution in [0.3, 0.4) is 0 Å². The molecule has 7 nitrogen and oxygen atoms in total. The lowest BCUT2D eigenvalue weighted by molar-refractivity contribution is -0.118. The van der Waals surface area contributed by atoms with E-state index >= 15 is 0 Å². The molecule has 0 saturated carbocycles. The number of nitrogens with one attached hydrogen (secondary N) is 2. The summed E-state index contributed by atoms with van der Waals surface area (Å²) in [6.45, 7) is -0.145. The molecule has 4 rings (SSSR count). The number of aryl methyl sites for hydroxylation is 2. The van der Waals surface area contributed by atoms with Crippen molar-refractivity contribution in [2.24, 2.45) is 0 Å². The fourth-order valence-electron chi connectivity index (χ4n) is 3.16. The molecule has 0 bridgehead atoms. The van der Waals surface area contributed by atoms with Gasteiger partial charge in [-0.15, -0.1) is 11.3 Å². The number of ether oxygens (including phenoxy) is 2. The minimum absolute atomic E-state index is 0.145. The van der Waals surface area contributed by atoms with Crippen LogP contribution < -0.4 is 20.1 Å². The molecule has 2 amide bonds. The molecule has 8 heteroatoms. The SMILES string of the molecule is COc1cccc(NC(=O)COc2ccc(C(=O)Nc3nc4c(s3)CCC4)cc2)c1. The Labute approximate surface area is 178 Å². The highest BCUT2D eigenvalue weighted by molar-refractivity contribution is 7.16. The molecule has 0 atom stereocenters. The summed E-state index contributed by atoms with van der Waals surface area (Å²) in [5.74, 6) is 0.650. The van der Waals surface area contributed by atoms with Gasteiger partial charge in [0.25, 0.3) is 11.8 Å². The Balaban J connectivity index is 1.28. The van der Waals surface area contributed by atoms with Crippen LogP contribution in [-0.2, 0) is 17.6 Å². The van der Waals surface area contributed by atoms with Crippen molar-refractivity contribution in [2.75, 3.05) is 24.4 Å². The van der Waals surface area contributed by atoms with Crippen LogP contribution in [0.4, 0.5) is 10.8 Å². The molecule has 0 saturated heterocycles. The third kappa shape index (κ3) is 4.77. The number of methoxy groups -OCH3 is 1. The van der Waals surface area contributed by atoms with Gasteiger partial charge in [-0.25, -0.2) is 4.98 Å². The molecule has 0 fully saturated rings. The maximum absolute atomic E-state index is 12.4. The van der Waals surface area contributed by atoms with Gasteiger partial charge in [-0.2, -0.15) is 0 Å². The lowest BCUT2D eigenvalue weighted by atomic mass is 10.2. The van der Waals surface area contributed by atoms with Crippen molar-refractivity contribution in [1.29, 1.82) is 0 Å². The molecular weight excluding hydrogens is 402 g/mol. The standard InChI is InChI=1S/C22H21N3O4S/c1-28-17-5-2-4-15(12-17)23-20(26)13-29-16-10-8-14(9-11-16)21(27)25-22-24-18-6-3-7-19(18)30-22/h2,4-5,8-12H,3,6-7,13H2,1H3,(H,23,26)(H,24,25,27). The predicted molar refractivity (Wildman–Crippen MR) is 116 cm³/mol. The number of amides is 2. The fraction of sp³-hybridized carbons (Fsp3) is 0.227. The highest BCUT2D eigenvalue weighted by Gasteiger charge is 2.18. The van der Waals surface area contributed by atoms with Crippen molar-refractivity contribution in [2.45, 2.75) is 19.3 Å². The van der Waals surface area contributed by atoms with E-state index in [0.29, 0.717) is 27.9 Å². The Morgan fingerprint density at radius 3 is 2.67 bits per heavy atom. The second-order valence-electron chi connectivity index (χ2n) is 6.79. The summed E-state index contributed by atoms with van der Waals surface area (Å²) in [7, 11) is 1.57. The predicted octanol–water partition coefficient (Wildman–Crippen LogP) is 3.91. The molecule has 1 aliphatic rings. The molecule has 0 aliphatic heterocycles. The molecule has 154 valence electrons. The molecule has 1 aromatic heterocycles. The van der Waals surface area contributed by atoms with Crippen LogP contribution >= 0.6 is 11.3 Å². The summed E-state index contributed by atoms with van der Waals surface area (Å²) in [6, 6.07) is 13.7. The lowest BCUT2D eigenvalue weighted by Gasteiger charge is -2.09. The summed E-state index contributed by atoms with van der Waals surface area (Å²) >= 11 is 1.54. The normalized spacial score (nSPS) is 12.2. The van der Waals surface area contributed by atoms with Crippen molar-refractivity contribution >= 4 is 34.0 Å². The number of benzene rings is 2. The van der Waals surface area contributed by atoms with Gasteiger partial charge in [0.2, 0.25) is 0 Å². The van der Waals surface area contributed by atoms with Crippen molar-refractivity contribution in [3.05, 3.63) is 64.7 Å². The van der Waals surface area contributed by atoms with E-state index in [1.165, 1.54) is 4.88 Å². The third-order valence-corrected chi connectivity index (χ3v) is 5.73. The molecule has 1 heterocycles. The number of rotatable bonds is 7. The maximum Gasteiger partial charge on any atom is 0.262 e. The van der Waals surface area contributed by atoms with E-state index in [4.69, 9.17) is 9.47 Å². The lowest BCUT2D eigenvalue weighted by Crippen LogP contribution is -2.20. The quantitative estimate of drug-likeness (QED) is 0.601. The molecule has 0 spiro atoms. The summed E-state index contributed by atoms with van der Waals surface area (Å²) in [6.07, 6.45) is 3.17. The number of carbonyl (C=O) groups excluding carboxylic acids is 2. The summed E-state index contributed by atoms with van der Waals surface area (Å²) in [4.78, 5) is 30.2. The Bertz CT molecular complexity index is 1040. The second kappa shape index (κ2) is 8.96. The minimum Gasteiger partial charge on any atom is -0.497 e. The number of anilines is 2. The average molecular weight is 423 g/mol. The Hall–Kier alpha value is -3.39. The van der Waals surface area contributed by atoms with E-state index in [2.05, 4.69) is 15.6 Å². The first-order chi connectivity index (χ1) is 14.6. The van der Waals surface area contributed by atoms with E-state index in [1.54, 1.807) is 67.0 Å². The van der Waals surface area contributed by atoms with Crippen molar-refractivity contribution in [1.82, 2.24) is 4.98 Å². The first kappa shape index (κ1) is 19.9. The van der Waals surface area contributed by atoms with Crippen LogP contribution in [-0.4, -0.2) is 30.5 Å². The van der Waals surface area contributed by atoms with Gasteiger partial charge in [0, 0.05) is 22.2 Å². The molecular formula is C22H21N3O4S. The number of fused-ring (bicyclic) bond motifs is 1. The number of nitrogens with zero attached hydrogens (tertiary/aromatic N) is 1. The number of hydrogen-bond donors (Lipinski definition) is 2. The Morgan fingerprint density at radius 1 is 1.07 bits per heavy atom. The molecule has 2 aromatic carbocycles. The van der Waals surface area contributed by atoms with E-state index in [-0.39, 0.29) is 18.4 Å². The topological polar surface area (TPSA) is 89.5 Å². The highest BCUT2D eigenvalue weighted by atomic mass is 32.1. The molecule has 2 N–H and O–H groups in total. The molecule has 0 unspecified atom stereocenters. The van der Waals surface area contributed by atoms with Crippen molar-refractivity contribution < 1.29 is 19.1 Å². The van der Waals surface area contributed by atoms with Gasteiger partial charge < -0.3 is 14.8 Å². The van der Waals surface area contributed by atoms with Crippen LogP contribution in [0.15, 0.2) is 48.5 Å². The number of carbonyl (C=O) groups is 2. The summed E-state index contributed by atoms with van der Waals surface area (Å²) < 4.78 is 10.6. The van der Waals surface area contributed by atoms with Gasteiger partial charge in [0.15, 0.2) is 11.7 Å². The summed E-state index contributed by atoms with van der Waals surface area (Å²) in [5, 5.41) is 6.23. The van der Waals surface area contributed by atoms with Crippen LogP contribution in [0.5, 0.6) is 11.5 Å². The third-order valence-electron chi connectivity index (χ3n) is 4.66. The molecule has 1 aliphatic carbocycles. The Morgan fingerprint density at radius 2 is 1.90 bits per heavy atom. The van der Waals surface area contributed by atoms with E-state index in [1.807, 2.05) is 0 Å². The van der Waals surface area contributed by atoms with E-state index < -0.39 is 0 Å². The molecule has 3 aromatic rings. The zero-order valence-corrected chi connectivity index (χ0v) is 17.3. The van der Waals surface area contributed by atoms with Crippen LogP contribution in [0, 0.1) is 0 Å². The maximum atomic E-state index is 12.4. The zero-order valence-electron chi connectivity index (χ0n) is 16.4. The first-order valence-electron chi connectivity index (χ1n) is 9.57. The zero-order chi connectivity index (χ0) is 20.9. The van der Waals surface area contributed by atoms with E-state index in [0.717, 1.165) is 25.0 Å². The largest absolute Gasteiger partial charge is 0.497 e. The van der Waals surface area contributed by atoms with Crippen molar-refractivity contribution in [3.8, 4) is 11.5 Å². The Kier molecular flexibility index (Phi) is 5.94. The van der Waals surface area contributed by atoms with Crippen LogP contribution in [0.25, 0.3) is 0 Å². The van der Waals surface area contributed by atoms with Gasteiger partial charge >= 0.3 is 0 Å². The molecule has 30 heavy (non-hydrogen) atoms. The monoisotopic (exact) mass is 423 g/mol. The van der Waals surface area contributed by atoms with Gasteiger partial charge in [0.1, 0.15) is 11.5 Å². The van der Waals surface area contributed by atoms with Gasteiger partial charge in [-0.05, 0) is 55.7 Å². The number of thiazole rings is 1.